The van der Waals surface area contributed by atoms with Gasteiger partial charge < -0.3 is 5.73 Å². The highest BCUT2D eigenvalue weighted by molar-refractivity contribution is 5.11. The lowest BCUT2D eigenvalue weighted by Crippen LogP contribution is -2.35. The first kappa shape index (κ1) is 7.72. The van der Waals surface area contributed by atoms with Crippen molar-refractivity contribution in [2.45, 2.75) is 6.54 Å². The molecule has 0 aliphatic carbocycles. The van der Waals surface area contributed by atoms with Crippen LogP contribution in [0.25, 0.3) is 0 Å². The summed E-state index contributed by atoms with van der Waals surface area (Å²) in [5.41, 5.74) is 6.28. The molecule has 0 radical (unpaired) electrons. The van der Waals surface area contributed by atoms with E-state index in [1.807, 2.05) is 18.2 Å². The molecule has 66 valence electrons. The van der Waals surface area contributed by atoms with Gasteiger partial charge in [0.25, 0.3) is 12.1 Å². The molecule has 0 fully saturated rings. The number of aromatic nitrogens is 3. The minimum atomic E-state index is 0.302. The van der Waals surface area contributed by atoms with Gasteiger partial charge in [-0.1, -0.05) is 6.07 Å². The first-order valence-corrected chi connectivity index (χ1v) is 3.86. The molecule has 0 unspecified atom stereocenters. The lowest BCUT2D eigenvalue weighted by molar-refractivity contribution is -0.755. The van der Waals surface area contributed by atoms with Crippen LogP contribution in [0, 0.1) is 0 Å². The van der Waals surface area contributed by atoms with Crippen LogP contribution in [-0.2, 0) is 6.54 Å². The van der Waals surface area contributed by atoms with Gasteiger partial charge in [0.05, 0.1) is 0 Å². The topological polar surface area (TPSA) is 68.8 Å². The Labute approximate surface area is 74.8 Å². The van der Waals surface area contributed by atoms with Crippen LogP contribution in [0.4, 0.5) is 5.88 Å². The van der Waals surface area contributed by atoms with Crippen LogP contribution in [0.5, 0.6) is 0 Å². The molecule has 0 atom stereocenters. The molecule has 5 nitrogen and oxygen atoms in total. The predicted octanol–water partition coefficient (Wildman–Crippen LogP) is -0.0124. The van der Waals surface area contributed by atoms with E-state index in [4.69, 9.17) is 10.3 Å². The molecule has 2 aromatic rings. The maximum Gasteiger partial charge on any atom is 0.293 e. The Bertz CT molecular complexity index is 384. The zero-order valence-electron chi connectivity index (χ0n) is 6.92. The van der Waals surface area contributed by atoms with E-state index in [-0.39, 0.29) is 0 Å². The highest BCUT2D eigenvalue weighted by Gasteiger charge is 2.09. The Morgan fingerprint density at radius 3 is 3.00 bits per heavy atom. The number of nitrogens with two attached hydrogens (primary N) is 1. The normalized spacial score (nSPS) is 10.2. The van der Waals surface area contributed by atoms with Gasteiger partial charge in [0.2, 0.25) is 11.8 Å². The zero-order valence-corrected chi connectivity index (χ0v) is 6.92. The molecule has 0 aliphatic heterocycles. The van der Waals surface area contributed by atoms with E-state index in [0.29, 0.717) is 12.4 Å². The first-order chi connectivity index (χ1) is 6.34. The van der Waals surface area contributed by atoms with E-state index in [2.05, 4.69) is 10.3 Å². The minimum absolute atomic E-state index is 0.302. The molecule has 0 spiro atoms. The number of pyridine rings is 1. The summed E-state index contributed by atoms with van der Waals surface area (Å²) in [5.74, 6) is 0.302. The number of rotatable bonds is 2. The van der Waals surface area contributed by atoms with Crippen molar-refractivity contribution in [3.63, 3.8) is 0 Å². The standard InChI is InChI=1S/C8H9N4O/c9-8-6-12(11-13-8)5-7-3-1-2-4-10-7/h1-4,6H,5,9H2/q+1. The largest absolute Gasteiger partial charge is 0.362 e. The Hall–Kier alpha value is -1.91. The van der Waals surface area contributed by atoms with Gasteiger partial charge >= 0.3 is 0 Å². The third-order valence-corrected chi connectivity index (χ3v) is 1.58. The summed E-state index contributed by atoms with van der Waals surface area (Å²) in [6, 6.07) is 5.70. The average Bonchev–Trinajstić information content (AvgIpc) is 2.53. The highest BCUT2D eigenvalue weighted by Crippen LogP contribution is 1.94. The molecule has 0 saturated carbocycles. The summed E-state index contributed by atoms with van der Waals surface area (Å²) in [6.07, 6.45) is 3.36. The molecule has 13 heavy (non-hydrogen) atoms. The summed E-state index contributed by atoms with van der Waals surface area (Å²) in [5, 5.41) is 3.69. The van der Waals surface area contributed by atoms with Crippen LogP contribution in [0.3, 0.4) is 0 Å². The number of hydrogen-bond acceptors (Lipinski definition) is 4. The van der Waals surface area contributed by atoms with Gasteiger partial charge in [-0.15, -0.1) is 0 Å². The van der Waals surface area contributed by atoms with Crippen LogP contribution < -0.4 is 10.4 Å². The Balaban J connectivity index is 2.15. The van der Waals surface area contributed by atoms with Crippen LogP contribution in [-0.4, -0.2) is 10.3 Å². The van der Waals surface area contributed by atoms with Gasteiger partial charge in [-0.05, 0) is 16.8 Å². The lowest BCUT2D eigenvalue weighted by atomic mass is 10.3. The summed E-state index contributed by atoms with van der Waals surface area (Å²) in [7, 11) is 0. The van der Waals surface area contributed by atoms with Crippen molar-refractivity contribution in [2.75, 3.05) is 5.73 Å². The van der Waals surface area contributed by atoms with E-state index in [1.54, 1.807) is 17.1 Å². The second-order valence-electron chi connectivity index (χ2n) is 2.62. The lowest BCUT2D eigenvalue weighted by Gasteiger charge is -1.88. The average molecular weight is 177 g/mol. The number of hydrogen-bond donors (Lipinski definition) is 1. The predicted molar refractivity (Wildman–Crippen MR) is 44.4 cm³/mol. The maximum atomic E-state index is 5.36. The van der Waals surface area contributed by atoms with E-state index >= 15 is 0 Å². The van der Waals surface area contributed by atoms with Crippen molar-refractivity contribution in [3.05, 3.63) is 36.3 Å². The van der Waals surface area contributed by atoms with Gasteiger partial charge in [0.15, 0.2) is 0 Å². The monoisotopic (exact) mass is 177 g/mol. The molecule has 0 aromatic carbocycles. The molecule has 5 heteroatoms. The van der Waals surface area contributed by atoms with Crippen LogP contribution >= 0.6 is 0 Å². The van der Waals surface area contributed by atoms with Crippen LogP contribution in [0.2, 0.25) is 0 Å². The van der Waals surface area contributed by atoms with Crippen molar-refractivity contribution >= 4 is 5.88 Å². The summed E-state index contributed by atoms with van der Waals surface area (Å²) >= 11 is 0. The van der Waals surface area contributed by atoms with Gasteiger partial charge in [0.1, 0.15) is 5.69 Å². The molecule has 0 aliphatic rings. The van der Waals surface area contributed by atoms with E-state index in [0.717, 1.165) is 5.69 Å². The molecule has 2 aromatic heterocycles. The Kier molecular flexibility index (Phi) is 1.91. The number of nitrogens with zero attached hydrogens (tertiary/aromatic N) is 3. The molecule has 2 heterocycles. The quantitative estimate of drug-likeness (QED) is 0.655. The van der Waals surface area contributed by atoms with Gasteiger partial charge in [-0.25, -0.2) is 0 Å². The zero-order chi connectivity index (χ0) is 9.10. The van der Waals surface area contributed by atoms with Crippen molar-refractivity contribution < 1.29 is 9.20 Å². The highest BCUT2D eigenvalue weighted by atomic mass is 16.5. The van der Waals surface area contributed by atoms with Crippen LogP contribution in [0.1, 0.15) is 5.69 Å². The van der Waals surface area contributed by atoms with E-state index < -0.39 is 0 Å². The van der Waals surface area contributed by atoms with Gasteiger partial charge in [-0.2, -0.15) is 0 Å². The van der Waals surface area contributed by atoms with E-state index in [9.17, 15) is 0 Å². The SMILES string of the molecule is Nc1c[n+](Cc2ccccn2)no1. The smallest absolute Gasteiger partial charge is 0.293 e. The Morgan fingerprint density at radius 1 is 1.46 bits per heavy atom. The Morgan fingerprint density at radius 2 is 2.38 bits per heavy atom. The van der Waals surface area contributed by atoms with Crippen molar-refractivity contribution in [1.82, 2.24) is 10.3 Å². The second-order valence-corrected chi connectivity index (χ2v) is 2.62. The molecule has 2 N–H and O–H groups in total. The summed E-state index contributed by atoms with van der Waals surface area (Å²) in [4.78, 5) is 4.14. The van der Waals surface area contributed by atoms with Gasteiger partial charge in [-0.3, -0.25) is 9.51 Å². The third kappa shape index (κ3) is 1.81. The molecule has 2 rings (SSSR count). The second kappa shape index (κ2) is 3.22. The maximum absolute atomic E-state index is 5.36. The summed E-state index contributed by atoms with van der Waals surface area (Å²) in [6.45, 7) is 0.571. The fourth-order valence-electron chi connectivity index (χ4n) is 1.03. The summed E-state index contributed by atoms with van der Waals surface area (Å²) < 4.78 is 6.29. The molecule has 0 bridgehead atoms. The third-order valence-electron chi connectivity index (χ3n) is 1.58. The van der Waals surface area contributed by atoms with Crippen molar-refractivity contribution in [2.24, 2.45) is 0 Å². The minimum Gasteiger partial charge on any atom is -0.362 e. The first-order valence-electron chi connectivity index (χ1n) is 3.86. The fourth-order valence-corrected chi connectivity index (χ4v) is 1.03. The van der Waals surface area contributed by atoms with Crippen molar-refractivity contribution in [3.8, 4) is 0 Å². The van der Waals surface area contributed by atoms with Crippen molar-refractivity contribution in [1.29, 1.82) is 0 Å². The molecule has 0 amide bonds. The number of anilines is 1. The number of nitrogen functional groups attached to an aromatic ring is 1. The molecular weight excluding hydrogens is 168 g/mol. The fraction of sp³-hybridized carbons (Fsp3) is 0.125. The molecular formula is C8H9N4O+. The molecule has 0 saturated heterocycles. The van der Waals surface area contributed by atoms with Gasteiger partial charge in [0, 0.05) is 6.20 Å². The van der Waals surface area contributed by atoms with E-state index in [1.165, 1.54) is 0 Å². The van der Waals surface area contributed by atoms with Crippen LogP contribution in [0.15, 0.2) is 35.1 Å².